The molecule has 176 valence electrons. The molecular weight excluding hydrogens is 400 g/mol. The number of nitrogens with zero attached hydrogens (tertiary/aromatic N) is 2. The third kappa shape index (κ3) is 9.72. The summed E-state index contributed by atoms with van der Waals surface area (Å²) < 4.78 is 35.3. The van der Waals surface area contributed by atoms with Crippen molar-refractivity contribution in [2.45, 2.75) is 6.92 Å². The third-order valence-electron chi connectivity index (χ3n) is 5.38. The van der Waals surface area contributed by atoms with E-state index in [0.29, 0.717) is 66.1 Å². The van der Waals surface area contributed by atoms with Gasteiger partial charge in [-0.05, 0) is 24.6 Å². The fraction of sp³-hybridized carbons (Fsp3) is 0.739. The standard InChI is InChI=1S/C23H38N2O6/c1-21-2-3-22-23(20-21)31-15-9-25-6-12-28-18-16-26-10-4-24(8-14-30-22)5-11-27-17-19-29-13-7-25/h2-3,20H,4-19H2,1H3. The number of rotatable bonds is 0. The van der Waals surface area contributed by atoms with Gasteiger partial charge in [-0.1, -0.05) is 6.07 Å². The highest BCUT2D eigenvalue weighted by Crippen LogP contribution is 2.28. The maximum Gasteiger partial charge on any atom is 0.161 e. The Hall–Kier alpha value is -1.42. The zero-order chi connectivity index (χ0) is 21.6. The molecule has 3 aliphatic rings. The minimum absolute atomic E-state index is 0.581. The molecule has 3 heterocycles. The Kier molecular flexibility index (Phi) is 11.4. The predicted molar refractivity (Wildman–Crippen MR) is 118 cm³/mol. The molecule has 1 saturated heterocycles. The van der Waals surface area contributed by atoms with Gasteiger partial charge >= 0.3 is 0 Å². The van der Waals surface area contributed by atoms with Crippen LogP contribution in [0.2, 0.25) is 0 Å². The lowest BCUT2D eigenvalue weighted by atomic mass is 10.2. The normalized spacial score (nSPS) is 26.1. The average Bonchev–Trinajstić information content (AvgIpc) is 2.76. The molecule has 3 aliphatic heterocycles. The summed E-state index contributed by atoms with van der Waals surface area (Å²) in [6, 6.07) is 6.10. The molecule has 4 rings (SSSR count). The highest BCUT2D eigenvalue weighted by Gasteiger charge is 2.12. The Morgan fingerprint density at radius 3 is 1.42 bits per heavy atom. The number of fused-ring (bicyclic) bond motifs is 18. The maximum atomic E-state index is 6.13. The van der Waals surface area contributed by atoms with Crippen molar-refractivity contribution in [3.8, 4) is 11.5 Å². The number of ether oxygens (including phenoxy) is 6. The summed E-state index contributed by atoms with van der Waals surface area (Å²) in [5, 5.41) is 0. The van der Waals surface area contributed by atoms with Gasteiger partial charge in [0.15, 0.2) is 11.5 Å². The molecule has 0 aliphatic carbocycles. The number of benzene rings is 1. The van der Waals surface area contributed by atoms with Crippen molar-refractivity contribution in [1.29, 1.82) is 0 Å². The maximum absolute atomic E-state index is 6.13. The summed E-state index contributed by atoms with van der Waals surface area (Å²) in [6.45, 7) is 13.2. The lowest BCUT2D eigenvalue weighted by molar-refractivity contribution is 0.00506. The Morgan fingerprint density at radius 1 is 0.516 bits per heavy atom. The zero-order valence-corrected chi connectivity index (χ0v) is 18.9. The summed E-state index contributed by atoms with van der Waals surface area (Å²) >= 11 is 0. The van der Waals surface area contributed by atoms with Gasteiger partial charge in [-0.15, -0.1) is 0 Å². The van der Waals surface area contributed by atoms with E-state index in [4.69, 9.17) is 28.4 Å². The van der Waals surface area contributed by atoms with E-state index in [9.17, 15) is 0 Å². The predicted octanol–water partition coefficient (Wildman–Crippen LogP) is 1.45. The molecule has 8 heteroatoms. The Morgan fingerprint density at radius 2 is 0.935 bits per heavy atom. The van der Waals surface area contributed by atoms with Gasteiger partial charge in [0.2, 0.25) is 0 Å². The van der Waals surface area contributed by atoms with Crippen molar-refractivity contribution >= 4 is 0 Å². The lowest BCUT2D eigenvalue weighted by Gasteiger charge is -2.25. The van der Waals surface area contributed by atoms with Crippen molar-refractivity contribution in [1.82, 2.24) is 9.80 Å². The molecule has 0 atom stereocenters. The molecule has 0 aromatic heterocycles. The van der Waals surface area contributed by atoms with E-state index in [1.165, 1.54) is 0 Å². The van der Waals surface area contributed by atoms with E-state index >= 15 is 0 Å². The average molecular weight is 439 g/mol. The van der Waals surface area contributed by atoms with Crippen LogP contribution in [0.1, 0.15) is 5.56 Å². The van der Waals surface area contributed by atoms with E-state index in [0.717, 1.165) is 56.3 Å². The molecule has 0 unspecified atom stereocenters. The van der Waals surface area contributed by atoms with Gasteiger partial charge in [-0.3, -0.25) is 9.80 Å². The molecule has 1 aromatic carbocycles. The highest BCUT2D eigenvalue weighted by molar-refractivity contribution is 5.42. The van der Waals surface area contributed by atoms with Gasteiger partial charge in [0.25, 0.3) is 0 Å². The van der Waals surface area contributed by atoms with Crippen LogP contribution in [0, 0.1) is 6.92 Å². The van der Waals surface area contributed by atoms with Crippen LogP contribution >= 0.6 is 0 Å². The van der Waals surface area contributed by atoms with E-state index < -0.39 is 0 Å². The van der Waals surface area contributed by atoms with Gasteiger partial charge in [0, 0.05) is 39.3 Å². The van der Waals surface area contributed by atoms with E-state index in [1.807, 2.05) is 12.1 Å². The van der Waals surface area contributed by atoms with E-state index in [1.54, 1.807) is 0 Å². The highest BCUT2D eigenvalue weighted by atomic mass is 16.5. The second-order valence-corrected chi connectivity index (χ2v) is 7.78. The van der Waals surface area contributed by atoms with E-state index in [2.05, 4.69) is 22.8 Å². The van der Waals surface area contributed by atoms with Crippen LogP contribution in [0.15, 0.2) is 18.2 Å². The number of hydrogen-bond acceptors (Lipinski definition) is 8. The third-order valence-corrected chi connectivity index (χ3v) is 5.38. The lowest BCUT2D eigenvalue weighted by Crippen LogP contribution is -2.36. The molecule has 31 heavy (non-hydrogen) atoms. The van der Waals surface area contributed by atoms with Crippen LogP contribution in [0.3, 0.4) is 0 Å². The number of aryl methyl sites for hydroxylation is 1. The SMILES string of the molecule is Cc1ccc2c(c1)OCCN1CCOCCOCCN(CCOCCOCC1)CCO2. The summed E-state index contributed by atoms with van der Waals surface area (Å²) in [4.78, 5) is 4.61. The van der Waals surface area contributed by atoms with Crippen molar-refractivity contribution in [2.24, 2.45) is 0 Å². The van der Waals surface area contributed by atoms with Crippen LogP contribution in [0.25, 0.3) is 0 Å². The first-order chi connectivity index (χ1) is 15.3. The molecule has 2 bridgehead atoms. The Balaban J connectivity index is 1.71. The van der Waals surface area contributed by atoms with E-state index in [-0.39, 0.29) is 0 Å². The van der Waals surface area contributed by atoms with Gasteiger partial charge < -0.3 is 28.4 Å². The van der Waals surface area contributed by atoms with Gasteiger partial charge in [-0.25, -0.2) is 0 Å². The van der Waals surface area contributed by atoms with Crippen LogP contribution in [-0.4, -0.2) is 115 Å². The van der Waals surface area contributed by atoms with Gasteiger partial charge in [-0.2, -0.15) is 0 Å². The molecule has 0 amide bonds. The summed E-state index contributed by atoms with van der Waals surface area (Å²) in [5.74, 6) is 1.59. The summed E-state index contributed by atoms with van der Waals surface area (Å²) in [6.07, 6.45) is 0. The smallest absolute Gasteiger partial charge is 0.161 e. The van der Waals surface area contributed by atoms with Gasteiger partial charge in [0.1, 0.15) is 13.2 Å². The minimum Gasteiger partial charge on any atom is -0.488 e. The molecule has 1 fully saturated rings. The first-order valence-corrected chi connectivity index (χ1v) is 11.4. The first-order valence-electron chi connectivity index (χ1n) is 11.4. The fourth-order valence-electron chi connectivity index (χ4n) is 3.51. The number of hydrogen-bond donors (Lipinski definition) is 0. The van der Waals surface area contributed by atoms with Crippen molar-refractivity contribution in [3.05, 3.63) is 23.8 Å². The van der Waals surface area contributed by atoms with Crippen LogP contribution in [0.5, 0.6) is 11.5 Å². The van der Waals surface area contributed by atoms with Crippen molar-refractivity contribution < 1.29 is 28.4 Å². The Bertz CT molecular complexity index is 598. The van der Waals surface area contributed by atoms with Crippen molar-refractivity contribution in [2.75, 3.05) is 105 Å². The topological polar surface area (TPSA) is 61.9 Å². The quantitative estimate of drug-likeness (QED) is 0.603. The van der Waals surface area contributed by atoms with Crippen molar-refractivity contribution in [3.63, 3.8) is 0 Å². The second kappa shape index (κ2) is 14.6. The monoisotopic (exact) mass is 438 g/mol. The van der Waals surface area contributed by atoms with Crippen LogP contribution in [0.4, 0.5) is 0 Å². The molecule has 8 nitrogen and oxygen atoms in total. The summed E-state index contributed by atoms with van der Waals surface area (Å²) in [5.41, 5.74) is 1.15. The zero-order valence-electron chi connectivity index (χ0n) is 18.9. The first kappa shape index (κ1) is 24.2. The fourth-order valence-corrected chi connectivity index (χ4v) is 3.51. The minimum atomic E-state index is 0.581. The Labute approximate surface area is 186 Å². The van der Waals surface area contributed by atoms with Crippen LogP contribution < -0.4 is 9.47 Å². The van der Waals surface area contributed by atoms with Gasteiger partial charge in [0.05, 0.1) is 52.9 Å². The molecule has 0 spiro atoms. The second-order valence-electron chi connectivity index (χ2n) is 7.78. The molecule has 1 aromatic rings. The largest absolute Gasteiger partial charge is 0.488 e. The molecule has 0 radical (unpaired) electrons. The van der Waals surface area contributed by atoms with Crippen LogP contribution in [-0.2, 0) is 18.9 Å². The molecular formula is C23H38N2O6. The molecule has 0 saturated carbocycles. The molecule has 0 N–H and O–H groups in total. The summed E-state index contributed by atoms with van der Waals surface area (Å²) in [7, 11) is 0.